The first-order chi connectivity index (χ1) is 9.52. The highest BCUT2D eigenvalue weighted by Crippen LogP contribution is 2.15. The Labute approximate surface area is 116 Å². The topological polar surface area (TPSA) is 103 Å². The molecule has 1 amide bonds. The summed E-state index contributed by atoms with van der Waals surface area (Å²) in [5, 5.41) is 11.6. The number of amides is 1. The molecular weight excluding hydrogens is 260 g/mol. The van der Waals surface area contributed by atoms with Gasteiger partial charge in [0.2, 0.25) is 0 Å². The molecule has 20 heavy (non-hydrogen) atoms. The van der Waals surface area contributed by atoms with E-state index < -0.39 is 0 Å². The number of aryl methyl sites for hydroxylation is 2. The molecule has 8 nitrogen and oxygen atoms in total. The third-order valence-corrected chi connectivity index (χ3v) is 3.04. The molecule has 0 aromatic carbocycles. The van der Waals surface area contributed by atoms with Crippen molar-refractivity contribution < 1.29 is 9.32 Å². The molecule has 0 unspecified atom stereocenters. The fraction of sp³-hybridized carbons (Fsp3) is 0.500. The average molecular weight is 278 g/mol. The van der Waals surface area contributed by atoms with Crippen LogP contribution in [0.15, 0.2) is 10.7 Å². The second-order valence-electron chi connectivity index (χ2n) is 4.62. The van der Waals surface area contributed by atoms with Crippen LogP contribution in [0, 0.1) is 13.8 Å². The van der Waals surface area contributed by atoms with Crippen molar-refractivity contribution in [2.75, 3.05) is 13.6 Å². The number of hydrogen-bond acceptors (Lipinski definition) is 6. The smallest absolute Gasteiger partial charge is 0.276 e. The highest BCUT2D eigenvalue weighted by Gasteiger charge is 2.19. The molecule has 0 fully saturated rings. The fourth-order valence-corrected chi connectivity index (χ4v) is 1.87. The third kappa shape index (κ3) is 2.85. The third-order valence-electron chi connectivity index (χ3n) is 3.04. The summed E-state index contributed by atoms with van der Waals surface area (Å²) in [7, 11) is 1.70. The van der Waals surface area contributed by atoms with Crippen molar-refractivity contribution in [1.29, 1.82) is 0 Å². The zero-order chi connectivity index (χ0) is 14.7. The molecule has 0 aliphatic rings. The fourth-order valence-electron chi connectivity index (χ4n) is 1.87. The molecule has 0 spiro atoms. The molecule has 2 aromatic rings. The predicted molar refractivity (Wildman–Crippen MR) is 70.9 cm³/mol. The summed E-state index contributed by atoms with van der Waals surface area (Å²) < 4.78 is 6.64. The minimum Gasteiger partial charge on any atom is -0.361 e. The minimum atomic E-state index is -0.201. The van der Waals surface area contributed by atoms with Crippen molar-refractivity contribution >= 4 is 5.91 Å². The van der Waals surface area contributed by atoms with Crippen LogP contribution in [0.3, 0.4) is 0 Å². The Balaban J connectivity index is 2.08. The lowest BCUT2D eigenvalue weighted by atomic mass is 10.2. The predicted octanol–water partition coefficient (Wildman–Crippen LogP) is 0.114. The summed E-state index contributed by atoms with van der Waals surface area (Å²) in [5.74, 6) is 0.516. The van der Waals surface area contributed by atoms with Gasteiger partial charge in [0, 0.05) is 19.2 Å². The van der Waals surface area contributed by atoms with E-state index in [-0.39, 0.29) is 5.91 Å². The summed E-state index contributed by atoms with van der Waals surface area (Å²) in [4.78, 5) is 13.8. The van der Waals surface area contributed by atoms with E-state index in [9.17, 15) is 4.79 Å². The van der Waals surface area contributed by atoms with E-state index in [0.29, 0.717) is 31.1 Å². The first kappa shape index (κ1) is 14.2. The van der Waals surface area contributed by atoms with Crippen LogP contribution in [0.1, 0.15) is 27.5 Å². The van der Waals surface area contributed by atoms with E-state index in [1.165, 1.54) is 0 Å². The Morgan fingerprint density at radius 3 is 2.85 bits per heavy atom. The van der Waals surface area contributed by atoms with Crippen LogP contribution < -0.4 is 5.73 Å². The van der Waals surface area contributed by atoms with Crippen molar-refractivity contribution in [2.24, 2.45) is 5.73 Å². The van der Waals surface area contributed by atoms with Gasteiger partial charge in [0.15, 0.2) is 5.69 Å². The molecule has 0 saturated carbocycles. The van der Waals surface area contributed by atoms with E-state index in [4.69, 9.17) is 10.3 Å². The first-order valence-electron chi connectivity index (χ1n) is 6.30. The van der Waals surface area contributed by atoms with Gasteiger partial charge in [-0.2, -0.15) is 0 Å². The lowest BCUT2D eigenvalue weighted by Gasteiger charge is -2.15. The van der Waals surface area contributed by atoms with Crippen LogP contribution in [-0.4, -0.2) is 44.6 Å². The van der Waals surface area contributed by atoms with Gasteiger partial charge < -0.3 is 15.2 Å². The number of carbonyl (C=O) groups excluding carboxylic acids is 1. The quantitative estimate of drug-likeness (QED) is 0.832. The standard InChI is InChI=1S/C12H18N6O2/c1-8-10(9(2)20-15-8)6-17(3)12(19)11-7-18(5-4-13)16-14-11/h7H,4-6,13H2,1-3H3. The van der Waals surface area contributed by atoms with E-state index >= 15 is 0 Å². The minimum absolute atomic E-state index is 0.201. The zero-order valence-electron chi connectivity index (χ0n) is 11.8. The second-order valence-corrected chi connectivity index (χ2v) is 4.62. The monoisotopic (exact) mass is 278 g/mol. The molecule has 2 heterocycles. The van der Waals surface area contributed by atoms with Gasteiger partial charge in [-0.3, -0.25) is 9.48 Å². The van der Waals surface area contributed by atoms with Crippen LogP contribution in [0.25, 0.3) is 0 Å². The summed E-state index contributed by atoms with van der Waals surface area (Å²) in [6.07, 6.45) is 1.60. The number of rotatable bonds is 5. The Bertz CT molecular complexity index is 583. The Kier molecular flexibility index (Phi) is 4.14. The maximum atomic E-state index is 12.2. The van der Waals surface area contributed by atoms with E-state index in [1.807, 2.05) is 13.8 Å². The maximum absolute atomic E-state index is 12.2. The Morgan fingerprint density at radius 1 is 1.50 bits per heavy atom. The Hall–Kier alpha value is -2.22. The number of carbonyl (C=O) groups is 1. The SMILES string of the molecule is Cc1noc(C)c1CN(C)C(=O)c1cn(CCN)nn1. The molecule has 0 atom stereocenters. The van der Waals surface area contributed by atoms with Gasteiger partial charge in [0.05, 0.1) is 25.0 Å². The summed E-state index contributed by atoms with van der Waals surface area (Å²) in [6.45, 7) is 5.08. The van der Waals surface area contributed by atoms with Gasteiger partial charge in [-0.1, -0.05) is 10.4 Å². The molecule has 0 radical (unpaired) electrons. The summed E-state index contributed by atoms with van der Waals surface area (Å²) in [5.41, 5.74) is 7.43. The van der Waals surface area contributed by atoms with Crippen molar-refractivity contribution in [1.82, 2.24) is 25.1 Å². The number of aromatic nitrogens is 4. The molecule has 0 saturated heterocycles. The van der Waals surface area contributed by atoms with Crippen LogP contribution in [0.2, 0.25) is 0 Å². The van der Waals surface area contributed by atoms with Crippen LogP contribution >= 0.6 is 0 Å². The van der Waals surface area contributed by atoms with Gasteiger partial charge in [-0.15, -0.1) is 5.10 Å². The van der Waals surface area contributed by atoms with Gasteiger partial charge in [0.25, 0.3) is 5.91 Å². The van der Waals surface area contributed by atoms with Crippen LogP contribution in [0.5, 0.6) is 0 Å². The highest BCUT2D eigenvalue weighted by molar-refractivity contribution is 5.91. The normalized spacial score (nSPS) is 10.8. The molecule has 0 aliphatic carbocycles. The Morgan fingerprint density at radius 2 is 2.25 bits per heavy atom. The first-order valence-corrected chi connectivity index (χ1v) is 6.30. The largest absolute Gasteiger partial charge is 0.361 e. The van der Waals surface area contributed by atoms with E-state index in [2.05, 4.69) is 15.5 Å². The van der Waals surface area contributed by atoms with Gasteiger partial charge in [-0.05, 0) is 13.8 Å². The molecule has 108 valence electrons. The lowest BCUT2D eigenvalue weighted by molar-refractivity contribution is 0.0778. The van der Waals surface area contributed by atoms with Crippen molar-refractivity contribution in [3.05, 3.63) is 28.9 Å². The number of hydrogen-bond donors (Lipinski definition) is 1. The maximum Gasteiger partial charge on any atom is 0.276 e. The molecule has 2 N–H and O–H groups in total. The van der Waals surface area contributed by atoms with Gasteiger partial charge >= 0.3 is 0 Å². The molecule has 2 rings (SSSR count). The zero-order valence-corrected chi connectivity index (χ0v) is 11.8. The van der Waals surface area contributed by atoms with Gasteiger partial charge in [0.1, 0.15) is 5.76 Å². The number of nitrogens with two attached hydrogens (primary N) is 1. The molecular formula is C12H18N6O2. The van der Waals surface area contributed by atoms with Crippen LogP contribution in [0.4, 0.5) is 0 Å². The lowest BCUT2D eigenvalue weighted by Crippen LogP contribution is -2.27. The van der Waals surface area contributed by atoms with Crippen LogP contribution in [-0.2, 0) is 13.1 Å². The van der Waals surface area contributed by atoms with Crippen molar-refractivity contribution in [3.63, 3.8) is 0 Å². The summed E-state index contributed by atoms with van der Waals surface area (Å²) in [6, 6.07) is 0. The average Bonchev–Trinajstić information content (AvgIpc) is 3.00. The second kappa shape index (κ2) is 5.83. The molecule has 8 heteroatoms. The van der Waals surface area contributed by atoms with E-state index in [1.54, 1.807) is 22.8 Å². The molecule has 2 aromatic heterocycles. The molecule has 0 aliphatic heterocycles. The van der Waals surface area contributed by atoms with E-state index in [0.717, 1.165) is 11.3 Å². The molecule has 0 bridgehead atoms. The van der Waals surface area contributed by atoms with Crippen molar-refractivity contribution in [2.45, 2.75) is 26.9 Å². The highest BCUT2D eigenvalue weighted by atomic mass is 16.5. The van der Waals surface area contributed by atoms with Gasteiger partial charge in [-0.25, -0.2) is 0 Å². The van der Waals surface area contributed by atoms with Crippen molar-refractivity contribution in [3.8, 4) is 0 Å². The number of nitrogens with zero attached hydrogens (tertiary/aromatic N) is 5. The summed E-state index contributed by atoms with van der Waals surface area (Å²) >= 11 is 0.